The number of morpholine rings is 1. The number of anilines is 1. The van der Waals surface area contributed by atoms with Gasteiger partial charge in [-0.1, -0.05) is 42.0 Å². The zero-order valence-corrected chi connectivity index (χ0v) is 15.0. The van der Waals surface area contributed by atoms with Crippen molar-refractivity contribution in [1.29, 1.82) is 0 Å². The zero-order valence-electron chi connectivity index (χ0n) is 15.0. The standard InChI is InChI=1S/C21H24N2O3/c1-16-6-8-17(9-7-16)10-11-20(24)22-19-5-3-2-4-18(19)21(25)23-12-14-26-15-13-23/h2-9H,10-15H2,1H3,(H,22,24). The van der Waals surface area contributed by atoms with Crippen LogP contribution < -0.4 is 5.32 Å². The van der Waals surface area contributed by atoms with E-state index < -0.39 is 0 Å². The van der Waals surface area contributed by atoms with Crippen molar-refractivity contribution in [3.63, 3.8) is 0 Å². The van der Waals surface area contributed by atoms with Gasteiger partial charge in [0, 0.05) is 19.5 Å². The second-order valence-electron chi connectivity index (χ2n) is 6.48. The van der Waals surface area contributed by atoms with Gasteiger partial charge in [0.05, 0.1) is 24.5 Å². The minimum absolute atomic E-state index is 0.0669. The van der Waals surface area contributed by atoms with Crippen molar-refractivity contribution in [1.82, 2.24) is 4.90 Å². The van der Waals surface area contributed by atoms with Crippen LogP contribution in [0.25, 0.3) is 0 Å². The molecule has 2 amide bonds. The molecule has 2 aromatic carbocycles. The molecular weight excluding hydrogens is 328 g/mol. The lowest BCUT2D eigenvalue weighted by Gasteiger charge is -2.27. The average Bonchev–Trinajstić information content (AvgIpc) is 2.68. The summed E-state index contributed by atoms with van der Waals surface area (Å²) in [6, 6.07) is 15.3. The molecule has 0 saturated carbocycles. The topological polar surface area (TPSA) is 58.6 Å². The third-order valence-corrected chi connectivity index (χ3v) is 4.49. The molecular formula is C21H24N2O3. The molecule has 5 heteroatoms. The van der Waals surface area contributed by atoms with Gasteiger partial charge in [0.1, 0.15) is 0 Å². The van der Waals surface area contributed by atoms with E-state index in [1.807, 2.05) is 43.3 Å². The Balaban J connectivity index is 1.62. The number of ether oxygens (including phenoxy) is 1. The maximum absolute atomic E-state index is 12.7. The van der Waals surface area contributed by atoms with E-state index in [4.69, 9.17) is 4.74 Å². The fourth-order valence-electron chi connectivity index (χ4n) is 2.94. The van der Waals surface area contributed by atoms with Crippen molar-refractivity contribution >= 4 is 17.5 Å². The lowest BCUT2D eigenvalue weighted by atomic mass is 10.1. The molecule has 0 radical (unpaired) electrons. The first-order valence-corrected chi connectivity index (χ1v) is 8.95. The molecule has 0 bridgehead atoms. The first-order valence-electron chi connectivity index (χ1n) is 8.95. The van der Waals surface area contributed by atoms with Crippen LogP contribution in [0.4, 0.5) is 5.69 Å². The van der Waals surface area contributed by atoms with E-state index in [1.165, 1.54) is 5.56 Å². The fraction of sp³-hybridized carbons (Fsp3) is 0.333. The lowest BCUT2D eigenvalue weighted by molar-refractivity contribution is -0.116. The van der Waals surface area contributed by atoms with Gasteiger partial charge in [-0.05, 0) is 31.0 Å². The molecule has 0 aromatic heterocycles. The molecule has 136 valence electrons. The van der Waals surface area contributed by atoms with Gasteiger partial charge in [0.2, 0.25) is 5.91 Å². The first-order chi connectivity index (χ1) is 12.6. The maximum Gasteiger partial charge on any atom is 0.256 e. The van der Waals surface area contributed by atoms with E-state index >= 15 is 0 Å². The highest BCUT2D eigenvalue weighted by Crippen LogP contribution is 2.19. The monoisotopic (exact) mass is 352 g/mol. The van der Waals surface area contributed by atoms with Crippen molar-refractivity contribution in [3.8, 4) is 0 Å². The predicted molar refractivity (Wildman–Crippen MR) is 101 cm³/mol. The lowest BCUT2D eigenvalue weighted by Crippen LogP contribution is -2.41. The number of hydrogen-bond acceptors (Lipinski definition) is 3. The number of para-hydroxylation sites is 1. The van der Waals surface area contributed by atoms with E-state index in [0.29, 0.717) is 50.4 Å². The van der Waals surface area contributed by atoms with Crippen LogP contribution in [0, 0.1) is 6.92 Å². The summed E-state index contributed by atoms with van der Waals surface area (Å²) in [4.78, 5) is 26.8. The van der Waals surface area contributed by atoms with Crippen LogP contribution in [0.3, 0.4) is 0 Å². The van der Waals surface area contributed by atoms with E-state index in [0.717, 1.165) is 5.56 Å². The number of nitrogens with zero attached hydrogens (tertiary/aromatic N) is 1. The average molecular weight is 352 g/mol. The van der Waals surface area contributed by atoms with Gasteiger partial charge in [0.15, 0.2) is 0 Å². The second-order valence-corrected chi connectivity index (χ2v) is 6.48. The van der Waals surface area contributed by atoms with E-state index in [1.54, 1.807) is 17.0 Å². The molecule has 26 heavy (non-hydrogen) atoms. The van der Waals surface area contributed by atoms with Gasteiger partial charge < -0.3 is 15.0 Å². The summed E-state index contributed by atoms with van der Waals surface area (Å²) in [7, 11) is 0. The maximum atomic E-state index is 12.7. The van der Waals surface area contributed by atoms with Gasteiger partial charge in [-0.3, -0.25) is 9.59 Å². The van der Waals surface area contributed by atoms with E-state index in [9.17, 15) is 9.59 Å². The van der Waals surface area contributed by atoms with Crippen molar-refractivity contribution in [2.24, 2.45) is 0 Å². The number of amides is 2. The summed E-state index contributed by atoms with van der Waals surface area (Å²) >= 11 is 0. The molecule has 1 N–H and O–H groups in total. The minimum Gasteiger partial charge on any atom is -0.378 e. The summed E-state index contributed by atoms with van der Waals surface area (Å²) in [5.74, 6) is -0.157. The van der Waals surface area contributed by atoms with Crippen molar-refractivity contribution in [2.75, 3.05) is 31.6 Å². The number of rotatable bonds is 5. The molecule has 1 aliphatic heterocycles. The smallest absolute Gasteiger partial charge is 0.256 e. The fourth-order valence-corrected chi connectivity index (χ4v) is 2.94. The Hall–Kier alpha value is -2.66. The van der Waals surface area contributed by atoms with Crippen LogP contribution in [0.15, 0.2) is 48.5 Å². The SMILES string of the molecule is Cc1ccc(CCC(=O)Nc2ccccc2C(=O)N2CCOCC2)cc1. The third-order valence-electron chi connectivity index (χ3n) is 4.49. The summed E-state index contributed by atoms with van der Waals surface area (Å²) in [6.07, 6.45) is 1.05. The van der Waals surface area contributed by atoms with Crippen LogP contribution >= 0.6 is 0 Å². The Labute approximate surface area is 154 Å². The van der Waals surface area contributed by atoms with Gasteiger partial charge in [-0.25, -0.2) is 0 Å². The summed E-state index contributed by atoms with van der Waals surface area (Å²) in [5.41, 5.74) is 3.42. The molecule has 0 spiro atoms. The van der Waals surface area contributed by atoms with Gasteiger partial charge in [-0.2, -0.15) is 0 Å². The Morgan fingerprint density at radius 2 is 1.73 bits per heavy atom. The van der Waals surface area contributed by atoms with Crippen molar-refractivity contribution in [3.05, 3.63) is 65.2 Å². The highest BCUT2D eigenvalue weighted by Gasteiger charge is 2.21. The van der Waals surface area contributed by atoms with Crippen LogP contribution in [-0.4, -0.2) is 43.0 Å². The number of carbonyl (C=O) groups is 2. The molecule has 0 aliphatic carbocycles. The number of carbonyl (C=O) groups excluding carboxylic acids is 2. The normalized spacial score (nSPS) is 14.1. The van der Waals surface area contributed by atoms with E-state index in [-0.39, 0.29) is 11.8 Å². The number of aryl methyl sites for hydroxylation is 2. The Bertz CT molecular complexity index is 765. The van der Waals surface area contributed by atoms with Crippen LogP contribution in [0.2, 0.25) is 0 Å². The molecule has 5 nitrogen and oxygen atoms in total. The van der Waals surface area contributed by atoms with Crippen LogP contribution in [0.1, 0.15) is 27.9 Å². The number of benzene rings is 2. The quantitative estimate of drug-likeness (QED) is 0.900. The molecule has 1 fully saturated rings. The molecule has 0 unspecified atom stereocenters. The largest absolute Gasteiger partial charge is 0.378 e. The molecule has 3 rings (SSSR count). The second kappa shape index (κ2) is 8.63. The molecule has 0 atom stereocenters. The summed E-state index contributed by atoms with van der Waals surface area (Å²) < 4.78 is 5.30. The van der Waals surface area contributed by atoms with Crippen LogP contribution in [0.5, 0.6) is 0 Å². The van der Waals surface area contributed by atoms with Gasteiger partial charge in [0.25, 0.3) is 5.91 Å². The van der Waals surface area contributed by atoms with Gasteiger partial charge in [-0.15, -0.1) is 0 Å². The number of nitrogens with one attached hydrogen (secondary N) is 1. The van der Waals surface area contributed by atoms with Crippen molar-refractivity contribution in [2.45, 2.75) is 19.8 Å². The highest BCUT2D eigenvalue weighted by atomic mass is 16.5. The molecule has 1 saturated heterocycles. The van der Waals surface area contributed by atoms with Crippen LogP contribution in [-0.2, 0) is 16.0 Å². The Morgan fingerprint density at radius 1 is 1.04 bits per heavy atom. The Morgan fingerprint density at radius 3 is 2.46 bits per heavy atom. The zero-order chi connectivity index (χ0) is 18.4. The highest BCUT2D eigenvalue weighted by molar-refractivity contribution is 6.03. The van der Waals surface area contributed by atoms with E-state index in [2.05, 4.69) is 5.32 Å². The molecule has 1 aliphatic rings. The van der Waals surface area contributed by atoms with Gasteiger partial charge >= 0.3 is 0 Å². The summed E-state index contributed by atoms with van der Waals surface area (Å²) in [6.45, 7) is 4.30. The number of hydrogen-bond donors (Lipinski definition) is 1. The minimum atomic E-state index is -0.0900. The first kappa shape index (κ1) is 18.1. The molecule has 2 aromatic rings. The third kappa shape index (κ3) is 4.70. The molecule has 1 heterocycles. The predicted octanol–water partition coefficient (Wildman–Crippen LogP) is 3.04. The van der Waals surface area contributed by atoms with Crippen molar-refractivity contribution < 1.29 is 14.3 Å². The Kier molecular flexibility index (Phi) is 6.02. The summed E-state index contributed by atoms with van der Waals surface area (Å²) in [5, 5.41) is 2.89.